The average Bonchev–Trinajstić information content (AvgIpc) is 3.89. The molecule has 15 nitrogen and oxygen atoms in total. The average molecular weight is 984 g/mol. The van der Waals surface area contributed by atoms with Crippen LogP contribution in [0.15, 0.2) is 72.8 Å². The first-order valence-corrected chi connectivity index (χ1v) is 25.0. The number of ether oxygens (including phenoxy) is 3. The van der Waals surface area contributed by atoms with Crippen LogP contribution in [0.2, 0.25) is 0 Å². The van der Waals surface area contributed by atoms with E-state index >= 15 is 0 Å². The van der Waals surface area contributed by atoms with E-state index in [0.717, 1.165) is 28.7 Å². The lowest BCUT2D eigenvalue weighted by atomic mass is 9.89. The van der Waals surface area contributed by atoms with Crippen LogP contribution in [0.25, 0.3) is 11.1 Å². The maximum atomic E-state index is 14.8. The number of benzene rings is 3. The SMILES string of the molecule is CCC(C)C(C(CC(=O)N1[C@H](C(OC)C(C)C(=O)NC(Cc2ccccc2F)C(=O)O)C[C@@H]2C[C@@H]21)OC)N(C)C(=O)C(NC(=O)C(C(C)C)N(C)C(=O)OCC1c2ccccc2-c2ccccc21)C(C)C. The molecule has 2 aliphatic carbocycles. The second-order valence-corrected chi connectivity index (χ2v) is 20.5. The monoisotopic (exact) mass is 984 g/mol. The molecule has 71 heavy (non-hydrogen) atoms. The Morgan fingerprint density at radius 3 is 1.94 bits per heavy atom. The molecule has 3 aromatic rings. The van der Waals surface area contributed by atoms with Crippen LogP contribution in [0, 0.1) is 35.4 Å². The molecular weight excluding hydrogens is 910 g/mol. The zero-order valence-corrected chi connectivity index (χ0v) is 43.1. The number of hydrogen-bond donors (Lipinski definition) is 3. The molecule has 1 saturated carbocycles. The van der Waals surface area contributed by atoms with Gasteiger partial charge in [-0.1, -0.05) is 122 Å². The molecule has 6 rings (SSSR count). The van der Waals surface area contributed by atoms with Crippen molar-refractivity contribution in [3.8, 4) is 11.1 Å². The molecule has 0 aromatic heterocycles. The minimum Gasteiger partial charge on any atom is -0.480 e. The predicted octanol–water partition coefficient (Wildman–Crippen LogP) is 6.90. The minimum atomic E-state index is -1.40. The van der Waals surface area contributed by atoms with E-state index in [-0.39, 0.29) is 72.5 Å². The lowest BCUT2D eigenvalue weighted by molar-refractivity contribution is -0.149. The van der Waals surface area contributed by atoms with E-state index in [2.05, 4.69) is 22.8 Å². The Bertz CT molecular complexity index is 2350. The van der Waals surface area contributed by atoms with Crippen LogP contribution in [0.1, 0.15) is 96.8 Å². The van der Waals surface area contributed by atoms with E-state index in [1.54, 1.807) is 29.8 Å². The largest absolute Gasteiger partial charge is 0.480 e. The number of methoxy groups -OCH3 is 2. The van der Waals surface area contributed by atoms with E-state index in [1.165, 1.54) is 44.4 Å². The quantitative estimate of drug-likeness (QED) is 0.0904. The molecule has 386 valence electrons. The molecule has 0 bridgehead atoms. The molecular formula is C55H74FN5O10. The number of amides is 5. The summed E-state index contributed by atoms with van der Waals surface area (Å²) >= 11 is 0. The molecule has 2 fully saturated rings. The van der Waals surface area contributed by atoms with Gasteiger partial charge in [-0.3, -0.25) is 24.1 Å². The van der Waals surface area contributed by atoms with Gasteiger partial charge < -0.3 is 39.8 Å². The summed E-state index contributed by atoms with van der Waals surface area (Å²) in [5.74, 6) is -5.32. The number of hydrogen-bond acceptors (Lipinski definition) is 9. The summed E-state index contributed by atoms with van der Waals surface area (Å²) in [6, 6.07) is 17.3. The number of aliphatic carboxylic acids is 1. The molecule has 3 aliphatic rings. The highest BCUT2D eigenvalue weighted by atomic mass is 19.1. The summed E-state index contributed by atoms with van der Waals surface area (Å²) in [5.41, 5.74) is 4.49. The number of fused-ring (bicyclic) bond motifs is 4. The van der Waals surface area contributed by atoms with Crippen LogP contribution >= 0.6 is 0 Å². The Labute approximate surface area is 418 Å². The third kappa shape index (κ3) is 11.9. The zero-order valence-electron chi connectivity index (χ0n) is 43.1. The van der Waals surface area contributed by atoms with Crippen molar-refractivity contribution >= 4 is 35.7 Å². The third-order valence-electron chi connectivity index (χ3n) is 15.2. The Morgan fingerprint density at radius 2 is 1.39 bits per heavy atom. The second kappa shape index (κ2) is 23.6. The highest BCUT2D eigenvalue weighted by molar-refractivity contribution is 5.92. The predicted molar refractivity (Wildman–Crippen MR) is 266 cm³/mol. The van der Waals surface area contributed by atoms with Crippen molar-refractivity contribution in [1.29, 1.82) is 0 Å². The number of carbonyl (C=O) groups is 6. The number of rotatable bonds is 23. The number of likely N-dealkylation sites (N-methyl/N-ethyl adjacent to an activating group) is 2. The summed E-state index contributed by atoms with van der Waals surface area (Å²) in [7, 11) is 6.16. The Morgan fingerprint density at radius 1 is 0.789 bits per heavy atom. The van der Waals surface area contributed by atoms with E-state index in [4.69, 9.17) is 14.2 Å². The van der Waals surface area contributed by atoms with E-state index < -0.39 is 78.0 Å². The molecule has 1 saturated heterocycles. The Kier molecular flexibility index (Phi) is 18.1. The first-order valence-electron chi connectivity index (χ1n) is 25.0. The van der Waals surface area contributed by atoms with Crippen molar-refractivity contribution < 1.29 is 52.5 Å². The van der Waals surface area contributed by atoms with Crippen molar-refractivity contribution in [2.24, 2.45) is 29.6 Å². The summed E-state index contributed by atoms with van der Waals surface area (Å²) < 4.78 is 32.4. The topological polar surface area (TPSA) is 184 Å². The maximum absolute atomic E-state index is 14.8. The van der Waals surface area contributed by atoms with Crippen LogP contribution < -0.4 is 10.6 Å². The molecule has 8 unspecified atom stereocenters. The van der Waals surface area contributed by atoms with Gasteiger partial charge in [-0.05, 0) is 70.4 Å². The molecule has 0 radical (unpaired) electrons. The standard InChI is InChI=1S/C55H74FN5O10/c1-12-32(6)49(45(69-10)28-46(62)61-43-26-35(43)27-44(61)50(70-11)33(7)51(63)57-42(54(66)67)25-34-19-13-18-24-41(34)56)59(8)53(65)47(30(2)3)58-52(64)48(31(4)5)60(9)55(68)71-29-40-38-22-16-14-20-36(38)37-21-15-17-23-39(37)40/h13-24,30-33,35,40,42-45,47-50H,12,25-29H2,1-11H3,(H,57,63)(H,58,64)(H,66,67)/t32?,33?,35-,42?,43-,44-,45?,47?,48?,49?,50?/m0/s1. The maximum Gasteiger partial charge on any atom is 0.410 e. The molecule has 3 aromatic carbocycles. The van der Waals surface area contributed by atoms with E-state index in [0.29, 0.717) is 12.8 Å². The van der Waals surface area contributed by atoms with Gasteiger partial charge in [0.15, 0.2) is 0 Å². The van der Waals surface area contributed by atoms with Gasteiger partial charge in [0.1, 0.15) is 30.5 Å². The summed E-state index contributed by atoms with van der Waals surface area (Å²) in [6.07, 6.45) is -0.568. The molecule has 11 atom stereocenters. The van der Waals surface area contributed by atoms with Crippen molar-refractivity contribution in [1.82, 2.24) is 25.3 Å². The number of likely N-dealkylation sites (tertiary alicyclic amines) is 1. The van der Waals surface area contributed by atoms with Gasteiger partial charge in [0.2, 0.25) is 23.6 Å². The highest BCUT2D eigenvalue weighted by Gasteiger charge is 2.57. The fraction of sp³-hybridized carbons (Fsp3) is 0.564. The van der Waals surface area contributed by atoms with Crippen molar-refractivity contribution in [2.75, 3.05) is 34.9 Å². The summed E-state index contributed by atoms with van der Waals surface area (Å²) in [4.78, 5) is 88.1. The lowest BCUT2D eigenvalue weighted by Crippen LogP contribution is -2.60. The number of halogens is 1. The summed E-state index contributed by atoms with van der Waals surface area (Å²) in [5, 5.41) is 15.5. The molecule has 1 heterocycles. The first-order chi connectivity index (χ1) is 33.7. The van der Waals surface area contributed by atoms with Gasteiger partial charge in [-0.15, -0.1) is 0 Å². The smallest absolute Gasteiger partial charge is 0.410 e. The number of carboxylic acid groups (broad SMARTS) is 1. The lowest BCUT2D eigenvalue weighted by Gasteiger charge is -2.41. The van der Waals surface area contributed by atoms with Crippen LogP contribution in [-0.4, -0.2) is 139 Å². The second-order valence-electron chi connectivity index (χ2n) is 20.5. The van der Waals surface area contributed by atoms with Gasteiger partial charge in [0.25, 0.3) is 0 Å². The number of carbonyl (C=O) groups excluding carboxylic acids is 5. The fourth-order valence-electron chi connectivity index (χ4n) is 11.1. The normalized spacial score (nSPS) is 20.3. The first kappa shape index (κ1) is 54.5. The summed E-state index contributed by atoms with van der Waals surface area (Å²) in [6.45, 7) is 13.0. The number of carboxylic acids is 1. The fourth-order valence-corrected chi connectivity index (χ4v) is 11.1. The number of nitrogens with one attached hydrogen (secondary N) is 2. The van der Waals surface area contributed by atoms with Crippen LogP contribution in [0.5, 0.6) is 0 Å². The van der Waals surface area contributed by atoms with Crippen LogP contribution in [0.3, 0.4) is 0 Å². The Hall–Kier alpha value is -5.87. The number of piperidine rings is 1. The van der Waals surface area contributed by atoms with E-state index in [9.17, 15) is 38.3 Å². The molecule has 3 N–H and O–H groups in total. The van der Waals surface area contributed by atoms with Gasteiger partial charge in [-0.25, -0.2) is 14.0 Å². The van der Waals surface area contributed by atoms with Crippen molar-refractivity contribution in [2.45, 2.75) is 135 Å². The number of nitrogens with zero attached hydrogens (tertiary/aromatic N) is 3. The highest BCUT2D eigenvalue weighted by Crippen LogP contribution is 2.50. The van der Waals surface area contributed by atoms with Gasteiger partial charge in [-0.2, -0.15) is 0 Å². The zero-order chi connectivity index (χ0) is 52.0. The van der Waals surface area contributed by atoms with Crippen LogP contribution in [-0.2, 0) is 44.6 Å². The van der Waals surface area contributed by atoms with E-state index in [1.807, 2.05) is 77.9 Å². The van der Waals surface area contributed by atoms with Gasteiger partial charge >= 0.3 is 12.1 Å². The van der Waals surface area contributed by atoms with Gasteiger partial charge in [0.05, 0.1) is 36.6 Å². The molecule has 0 spiro atoms. The molecule has 1 aliphatic heterocycles. The molecule has 5 amide bonds. The minimum absolute atomic E-state index is 0.0758. The molecule has 16 heteroatoms. The Balaban J connectivity index is 1.12. The van der Waals surface area contributed by atoms with Crippen LogP contribution in [0.4, 0.5) is 9.18 Å². The third-order valence-corrected chi connectivity index (χ3v) is 15.2. The van der Waals surface area contributed by atoms with Crippen molar-refractivity contribution in [3.63, 3.8) is 0 Å². The van der Waals surface area contributed by atoms with Crippen molar-refractivity contribution in [3.05, 3.63) is 95.3 Å². The van der Waals surface area contributed by atoms with Gasteiger partial charge in [0, 0.05) is 46.7 Å².